The summed E-state index contributed by atoms with van der Waals surface area (Å²) in [6, 6.07) is 1.54. The lowest BCUT2D eigenvalue weighted by atomic mass is 10.1. The molecule has 19 heavy (non-hydrogen) atoms. The molecule has 0 amide bonds. The Bertz CT molecular complexity index is 630. The van der Waals surface area contributed by atoms with Crippen molar-refractivity contribution in [3.8, 4) is 22.6 Å². The van der Waals surface area contributed by atoms with Crippen LogP contribution < -0.4 is 15.2 Å². The van der Waals surface area contributed by atoms with Crippen molar-refractivity contribution in [3.63, 3.8) is 0 Å². The molecule has 2 heterocycles. The first-order valence-corrected chi connectivity index (χ1v) is 6.46. The molecule has 0 bridgehead atoms. The van der Waals surface area contributed by atoms with Gasteiger partial charge in [-0.05, 0) is 15.9 Å². The molecule has 1 aliphatic rings. The Hall–Kier alpha value is -1.76. The summed E-state index contributed by atoms with van der Waals surface area (Å²) in [5.41, 5.74) is 6.20. The first kappa shape index (κ1) is 12.3. The topological polar surface area (TPSA) is 70.5 Å². The molecule has 7 heteroatoms. The van der Waals surface area contributed by atoms with Crippen molar-refractivity contribution in [2.45, 2.75) is 6.42 Å². The summed E-state index contributed by atoms with van der Waals surface area (Å²) < 4.78 is 30.5. The second-order valence-corrected chi connectivity index (χ2v) is 4.88. The minimum Gasteiger partial charge on any atom is -0.489 e. The van der Waals surface area contributed by atoms with Crippen molar-refractivity contribution in [3.05, 3.63) is 22.6 Å². The van der Waals surface area contributed by atoms with Crippen LogP contribution in [0, 0.1) is 5.82 Å². The van der Waals surface area contributed by atoms with Gasteiger partial charge >= 0.3 is 0 Å². The van der Waals surface area contributed by atoms with Gasteiger partial charge in [-0.25, -0.2) is 4.39 Å². The Kier molecular flexibility index (Phi) is 3.06. The van der Waals surface area contributed by atoms with E-state index in [-0.39, 0.29) is 15.9 Å². The highest BCUT2D eigenvalue weighted by molar-refractivity contribution is 9.10. The number of aromatic nitrogens is 1. The number of hydrogen-bond donors (Lipinski definition) is 1. The van der Waals surface area contributed by atoms with Crippen LogP contribution in [0.4, 0.5) is 10.3 Å². The zero-order valence-corrected chi connectivity index (χ0v) is 11.4. The number of nitrogens with zero attached hydrogens (tertiary/aromatic N) is 1. The molecule has 5 nitrogen and oxygen atoms in total. The largest absolute Gasteiger partial charge is 0.489 e. The van der Waals surface area contributed by atoms with Crippen LogP contribution in [0.2, 0.25) is 0 Å². The summed E-state index contributed by atoms with van der Waals surface area (Å²) in [5, 5.41) is 3.56. The molecular formula is C12H10BrFN2O3. The third-order valence-corrected chi connectivity index (χ3v) is 3.38. The molecule has 0 saturated carbocycles. The van der Waals surface area contributed by atoms with Gasteiger partial charge in [0.05, 0.1) is 35.0 Å². The molecule has 1 aliphatic heterocycles. The molecule has 0 unspecified atom stereocenters. The van der Waals surface area contributed by atoms with Crippen molar-refractivity contribution < 1.29 is 18.4 Å². The lowest BCUT2D eigenvalue weighted by Gasteiger charge is -2.13. The summed E-state index contributed by atoms with van der Waals surface area (Å²) in [7, 11) is 0. The third kappa shape index (κ3) is 2.03. The van der Waals surface area contributed by atoms with Gasteiger partial charge in [-0.3, -0.25) is 0 Å². The minimum absolute atomic E-state index is 0.0343. The summed E-state index contributed by atoms with van der Waals surface area (Å²) in [6.45, 7) is 0.968. The minimum atomic E-state index is -0.487. The summed E-state index contributed by atoms with van der Waals surface area (Å²) in [6.07, 6.45) is 2.08. The zero-order chi connectivity index (χ0) is 13.4. The van der Waals surface area contributed by atoms with Crippen LogP contribution in [0.3, 0.4) is 0 Å². The number of benzene rings is 1. The van der Waals surface area contributed by atoms with E-state index in [1.807, 2.05) is 0 Å². The van der Waals surface area contributed by atoms with Crippen molar-refractivity contribution in [1.82, 2.24) is 5.16 Å². The van der Waals surface area contributed by atoms with E-state index in [0.29, 0.717) is 30.3 Å². The number of hydrogen-bond acceptors (Lipinski definition) is 5. The first-order valence-electron chi connectivity index (χ1n) is 5.66. The van der Waals surface area contributed by atoms with Gasteiger partial charge < -0.3 is 19.7 Å². The smallest absolute Gasteiger partial charge is 0.230 e. The van der Waals surface area contributed by atoms with E-state index in [1.165, 1.54) is 6.20 Å². The fourth-order valence-corrected chi connectivity index (χ4v) is 2.34. The molecular weight excluding hydrogens is 319 g/mol. The SMILES string of the molecule is Nc1oncc1-c1c(F)c(Br)cc2c1OCCCO2. The van der Waals surface area contributed by atoms with Crippen molar-refractivity contribution in [2.24, 2.45) is 0 Å². The molecule has 2 N–H and O–H groups in total. The zero-order valence-electron chi connectivity index (χ0n) is 9.78. The molecule has 0 fully saturated rings. The second kappa shape index (κ2) is 4.73. The van der Waals surface area contributed by atoms with Crippen LogP contribution in [0.15, 0.2) is 21.3 Å². The van der Waals surface area contributed by atoms with E-state index < -0.39 is 5.82 Å². The Morgan fingerprint density at radius 2 is 2.11 bits per heavy atom. The van der Waals surface area contributed by atoms with E-state index in [0.717, 1.165) is 6.42 Å². The first-order chi connectivity index (χ1) is 9.18. The molecule has 0 radical (unpaired) electrons. The van der Waals surface area contributed by atoms with E-state index in [2.05, 4.69) is 21.1 Å². The Morgan fingerprint density at radius 1 is 1.32 bits per heavy atom. The summed E-state index contributed by atoms with van der Waals surface area (Å²) >= 11 is 3.16. The summed E-state index contributed by atoms with van der Waals surface area (Å²) in [5.74, 6) is 0.348. The number of ether oxygens (including phenoxy) is 2. The number of fused-ring (bicyclic) bond motifs is 1. The Balaban J connectivity index is 2.27. The number of nitrogen functional groups attached to an aromatic ring is 1. The highest BCUT2D eigenvalue weighted by atomic mass is 79.9. The molecule has 2 aromatic rings. The van der Waals surface area contributed by atoms with Gasteiger partial charge in [-0.15, -0.1) is 0 Å². The van der Waals surface area contributed by atoms with Crippen LogP contribution in [0.5, 0.6) is 11.5 Å². The Labute approximate surface area is 116 Å². The number of nitrogens with two attached hydrogens (primary N) is 1. The lowest BCUT2D eigenvalue weighted by Crippen LogP contribution is -1.99. The molecule has 100 valence electrons. The van der Waals surface area contributed by atoms with E-state index in [1.54, 1.807) is 6.07 Å². The van der Waals surface area contributed by atoms with Gasteiger partial charge in [-0.1, -0.05) is 5.16 Å². The monoisotopic (exact) mass is 328 g/mol. The Morgan fingerprint density at radius 3 is 2.84 bits per heavy atom. The van der Waals surface area contributed by atoms with Crippen LogP contribution in [0.1, 0.15) is 6.42 Å². The third-order valence-electron chi connectivity index (χ3n) is 2.80. The maximum absolute atomic E-state index is 14.4. The summed E-state index contributed by atoms with van der Waals surface area (Å²) in [4.78, 5) is 0. The number of rotatable bonds is 1. The molecule has 0 aliphatic carbocycles. The highest BCUT2D eigenvalue weighted by Gasteiger charge is 2.25. The number of anilines is 1. The van der Waals surface area contributed by atoms with Crippen molar-refractivity contribution in [1.29, 1.82) is 0 Å². The number of halogens is 2. The van der Waals surface area contributed by atoms with E-state index in [9.17, 15) is 4.39 Å². The predicted molar refractivity (Wildman–Crippen MR) is 69.6 cm³/mol. The van der Waals surface area contributed by atoms with Crippen LogP contribution >= 0.6 is 15.9 Å². The van der Waals surface area contributed by atoms with Gasteiger partial charge in [0.25, 0.3) is 0 Å². The molecule has 1 aromatic heterocycles. The fraction of sp³-hybridized carbons (Fsp3) is 0.250. The second-order valence-electron chi connectivity index (χ2n) is 4.03. The predicted octanol–water partition coefficient (Wildman–Crippen LogP) is 2.99. The highest BCUT2D eigenvalue weighted by Crippen LogP contribution is 2.45. The van der Waals surface area contributed by atoms with Crippen LogP contribution in [-0.2, 0) is 0 Å². The van der Waals surface area contributed by atoms with Crippen molar-refractivity contribution in [2.75, 3.05) is 18.9 Å². The van der Waals surface area contributed by atoms with Crippen molar-refractivity contribution >= 4 is 21.8 Å². The van der Waals surface area contributed by atoms with E-state index >= 15 is 0 Å². The molecule has 0 saturated heterocycles. The van der Waals surface area contributed by atoms with Gasteiger partial charge in [0, 0.05) is 12.5 Å². The molecule has 0 atom stereocenters. The normalized spacial score (nSPS) is 14.2. The maximum atomic E-state index is 14.4. The maximum Gasteiger partial charge on any atom is 0.230 e. The quantitative estimate of drug-likeness (QED) is 0.871. The van der Waals surface area contributed by atoms with Gasteiger partial charge in [0.1, 0.15) is 5.82 Å². The lowest BCUT2D eigenvalue weighted by molar-refractivity contribution is 0.297. The van der Waals surface area contributed by atoms with Crippen LogP contribution in [-0.4, -0.2) is 18.4 Å². The average Bonchev–Trinajstić information content (AvgIpc) is 2.67. The average molecular weight is 329 g/mol. The fourth-order valence-electron chi connectivity index (χ4n) is 1.93. The molecule has 0 spiro atoms. The van der Waals surface area contributed by atoms with Gasteiger partial charge in [0.15, 0.2) is 11.5 Å². The molecule has 1 aromatic carbocycles. The van der Waals surface area contributed by atoms with E-state index in [4.69, 9.17) is 19.7 Å². The molecule has 3 rings (SSSR count). The van der Waals surface area contributed by atoms with Crippen LogP contribution in [0.25, 0.3) is 11.1 Å². The van der Waals surface area contributed by atoms with Gasteiger partial charge in [-0.2, -0.15) is 0 Å². The standard InChI is InChI=1S/C12H10BrFN2O3/c13-7-4-8-11(18-3-1-2-17-8)9(10(7)14)6-5-16-19-12(6)15/h4-5H,1-3,15H2. The van der Waals surface area contributed by atoms with Gasteiger partial charge in [0.2, 0.25) is 5.88 Å².